The first-order chi connectivity index (χ1) is 16.0. The van der Waals surface area contributed by atoms with Crippen molar-refractivity contribution in [2.24, 2.45) is 0 Å². The molecule has 1 saturated heterocycles. The minimum absolute atomic E-state index is 0.0821. The van der Waals surface area contributed by atoms with E-state index in [1.165, 1.54) is 11.8 Å². The summed E-state index contributed by atoms with van der Waals surface area (Å²) >= 11 is 1.39. The van der Waals surface area contributed by atoms with E-state index in [2.05, 4.69) is 21.3 Å². The molecule has 33 heavy (non-hydrogen) atoms. The highest BCUT2D eigenvalue weighted by Gasteiger charge is 2.22. The van der Waals surface area contributed by atoms with Gasteiger partial charge in [0.25, 0.3) is 0 Å². The molecule has 2 aromatic heterocycles. The highest BCUT2D eigenvalue weighted by molar-refractivity contribution is 7.99. The molecule has 3 aromatic rings. The molecule has 0 amide bonds. The third-order valence-electron chi connectivity index (χ3n) is 5.99. The van der Waals surface area contributed by atoms with Crippen LogP contribution in [0.1, 0.15) is 34.6 Å². The van der Waals surface area contributed by atoms with Crippen LogP contribution in [0.2, 0.25) is 0 Å². The fourth-order valence-electron chi connectivity index (χ4n) is 4.28. The quantitative estimate of drug-likeness (QED) is 0.245. The summed E-state index contributed by atoms with van der Waals surface area (Å²) in [5.41, 5.74) is 3.70. The van der Waals surface area contributed by atoms with E-state index in [0.29, 0.717) is 17.5 Å². The number of allylic oxidation sites excluding steroid dienone is 1. The number of ether oxygens (including phenoxy) is 2. The summed E-state index contributed by atoms with van der Waals surface area (Å²) < 4.78 is 15.4. The first kappa shape index (κ1) is 23.3. The van der Waals surface area contributed by atoms with Gasteiger partial charge in [0.15, 0.2) is 16.8 Å². The molecule has 174 valence electrons. The topological polar surface area (TPSA) is 71.2 Å². The molecule has 1 fully saturated rings. The number of para-hydroxylation sites is 1. The Morgan fingerprint density at radius 2 is 2.12 bits per heavy atom. The molecule has 0 N–H and O–H groups in total. The van der Waals surface area contributed by atoms with Crippen LogP contribution in [0.5, 0.6) is 5.75 Å². The van der Waals surface area contributed by atoms with Gasteiger partial charge in [0, 0.05) is 36.6 Å². The highest BCUT2D eigenvalue weighted by Crippen LogP contribution is 2.31. The van der Waals surface area contributed by atoms with Crippen LogP contribution < -0.4 is 4.74 Å². The lowest BCUT2D eigenvalue weighted by molar-refractivity contribution is 0.0957. The normalized spacial score (nSPS) is 15.7. The summed E-state index contributed by atoms with van der Waals surface area (Å²) in [6.45, 7) is 10.1. The van der Waals surface area contributed by atoms with Crippen molar-refractivity contribution in [3.05, 3.63) is 59.9 Å². The lowest BCUT2D eigenvalue weighted by Gasteiger charge is -2.14. The average Bonchev–Trinajstić information content (AvgIpc) is 3.54. The van der Waals surface area contributed by atoms with Crippen LogP contribution in [0.4, 0.5) is 0 Å². The molecule has 3 heterocycles. The number of rotatable bonds is 10. The molecule has 0 bridgehead atoms. The molecule has 0 spiro atoms. The van der Waals surface area contributed by atoms with Gasteiger partial charge in [-0.2, -0.15) is 0 Å². The van der Waals surface area contributed by atoms with E-state index < -0.39 is 0 Å². The monoisotopic (exact) mass is 466 g/mol. The van der Waals surface area contributed by atoms with Gasteiger partial charge >= 0.3 is 0 Å². The molecular formula is C25H30N4O3S. The van der Waals surface area contributed by atoms with Crippen molar-refractivity contribution in [3.63, 3.8) is 0 Å². The standard InChI is InChI=1S/C25H30N4O3S/c1-5-12-28-24(20-10-6-7-11-23(20)31-4)26-27-25(28)33-16-22(30)21-14-17(2)29(18(21)3)15-19-9-8-13-32-19/h5-7,10-11,14,19H,1,8-9,12-13,15-16H2,2-4H3/t19-/m0/s1. The summed E-state index contributed by atoms with van der Waals surface area (Å²) in [7, 11) is 1.64. The predicted molar refractivity (Wildman–Crippen MR) is 130 cm³/mol. The van der Waals surface area contributed by atoms with Gasteiger partial charge in [-0.1, -0.05) is 30.0 Å². The van der Waals surface area contributed by atoms with Gasteiger partial charge in [0.05, 0.1) is 24.5 Å². The maximum Gasteiger partial charge on any atom is 0.192 e. The Hall–Kier alpha value is -2.84. The van der Waals surface area contributed by atoms with Gasteiger partial charge in [0.2, 0.25) is 0 Å². The smallest absolute Gasteiger partial charge is 0.192 e. The second kappa shape index (κ2) is 10.4. The first-order valence-corrected chi connectivity index (χ1v) is 12.1. The summed E-state index contributed by atoms with van der Waals surface area (Å²) in [4.78, 5) is 13.1. The van der Waals surface area contributed by atoms with E-state index in [1.807, 2.05) is 48.7 Å². The van der Waals surface area contributed by atoms with E-state index in [0.717, 1.165) is 54.3 Å². The number of methoxy groups -OCH3 is 1. The second-order valence-corrected chi connectivity index (χ2v) is 9.09. The number of benzene rings is 1. The minimum Gasteiger partial charge on any atom is -0.496 e. The molecule has 7 nitrogen and oxygen atoms in total. The van der Waals surface area contributed by atoms with Crippen LogP contribution in [-0.2, 0) is 17.8 Å². The van der Waals surface area contributed by atoms with Gasteiger partial charge in [-0.05, 0) is 44.9 Å². The fraction of sp³-hybridized carbons (Fsp3) is 0.400. The van der Waals surface area contributed by atoms with E-state index in [4.69, 9.17) is 9.47 Å². The number of carbonyl (C=O) groups is 1. The average molecular weight is 467 g/mol. The zero-order valence-electron chi connectivity index (χ0n) is 19.4. The van der Waals surface area contributed by atoms with Gasteiger partial charge in [0.1, 0.15) is 5.75 Å². The van der Waals surface area contributed by atoms with Crippen molar-refractivity contribution < 1.29 is 14.3 Å². The van der Waals surface area contributed by atoms with Gasteiger partial charge in [-0.25, -0.2) is 0 Å². The number of Topliss-reactive ketones (excluding diaryl/α,β-unsaturated/α-hetero) is 1. The van der Waals surface area contributed by atoms with Gasteiger partial charge in [-0.15, -0.1) is 16.8 Å². The van der Waals surface area contributed by atoms with E-state index in [-0.39, 0.29) is 17.6 Å². The minimum atomic E-state index is 0.0821. The molecule has 0 unspecified atom stereocenters. The molecule has 1 aromatic carbocycles. The first-order valence-electron chi connectivity index (χ1n) is 11.1. The zero-order chi connectivity index (χ0) is 23.4. The lowest BCUT2D eigenvalue weighted by atomic mass is 10.2. The number of aromatic nitrogens is 4. The molecule has 1 aliphatic rings. The molecule has 0 radical (unpaired) electrons. The number of thioether (sulfide) groups is 1. The Balaban J connectivity index is 1.52. The Kier molecular flexibility index (Phi) is 7.35. The molecule has 4 rings (SSSR count). The predicted octanol–water partition coefficient (Wildman–Crippen LogP) is 4.71. The maximum absolute atomic E-state index is 13.1. The molecule has 1 aliphatic heterocycles. The van der Waals surface area contributed by atoms with E-state index in [9.17, 15) is 4.79 Å². The Morgan fingerprint density at radius 3 is 2.85 bits per heavy atom. The van der Waals surface area contributed by atoms with Crippen molar-refractivity contribution in [1.82, 2.24) is 19.3 Å². The number of nitrogens with zero attached hydrogens (tertiary/aromatic N) is 4. The highest BCUT2D eigenvalue weighted by atomic mass is 32.2. The lowest BCUT2D eigenvalue weighted by Crippen LogP contribution is -2.17. The van der Waals surface area contributed by atoms with Gasteiger partial charge in [-0.3, -0.25) is 9.36 Å². The van der Waals surface area contributed by atoms with E-state index in [1.54, 1.807) is 13.2 Å². The van der Waals surface area contributed by atoms with Crippen LogP contribution in [-0.4, -0.2) is 50.7 Å². The maximum atomic E-state index is 13.1. The molecule has 8 heteroatoms. The number of ketones is 1. The van der Waals surface area contributed by atoms with Crippen LogP contribution in [0.15, 0.2) is 48.1 Å². The molecular weight excluding hydrogens is 436 g/mol. The number of carbonyl (C=O) groups excluding carboxylic acids is 1. The van der Waals surface area contributed by atoms with Crippen molar-refractivity contribution in [1.29, 1.82) is 0 Å². The van der Waals surface area contributed by atoms with Gasteiger partial charge < -0.3 is 14.0 Å². The molecule has 0 aliphatic carbocycles. The van der Waals surface area contributed by atoms with E-state index >= 15 is 0 Å². The fourth-order valence-corrected chi connectivity index (χ4v) is 5.11. The van der Waals surface area contributed by atoms with Crippen molar-refractivity contribution in [3.8, 4) is 17.1 Å². The number of hydrogen-bond donors (Lipinski definition) is 0. The van der Waals surface area contributed by atoms with Crippen LogP contribution in [0.3, 0.4) is 0 Å². The Bertz CT molecular complexity index is 1140. The zero-order valence-corrected chi connectivity index (χ0v) is 20.2. The summed E-state index contributed by atoms with van der Waals surface area (Å²) in [6.07, 6.45) is 4.21. The number of aryl methyl sites for hydroxylation is 1. The number of hydrogen-bond acceptors (Lipinski definition) is 6. The summed E-state index contributed by atoms with van der Waals surface area (Å²) in [6, 6.07) is 9.69. The Labute approximate surface area is 198 Å². The molecule has 0 saturated carbocycles. The van der Waals surface area contributed by atoms with Crippen LogP contribution in [0.25, 0.3) is 11.4 Å². The third kappa shape index (κ3) is 4.91. The van der Waals surface area contributed by atoms with Crippen molar-refractivity contribution >= 4 is 17.5 Å². The largest absolute Gasteiger partial charge is 0.496 e. The van der Waals surface area contributed by atoms with Crippen LogP contribution >= 0.6 is 11.8 Å². The summed E-state index contributed by atoms with van der Waals surface area (Å²) in [5.74, 6) is 1.78. The Morgan fingerprint density at radius 1 is 1.30 bits per heavy atom. The molecule has 1 atom stereocenters. The second-order valence-electron chi connectivity index (χ2n) is 8.15. The van der Waals surface area contributed by atoms with Crippen LogP contribution in [0, 0.1) is 13.8 Å². The van der Waals surface area contributed by atoms with Crippen molar-refractivity contribution in [2.45, 2.75) is 51.0 Å². The third-order valence-corrected chi connectivity index (χ3v) is 6.96. The SMILES string of the molecule is C=CCn1c(SCC(=O)c2cc(C)n(C[C@@H]3CCCO3)c2C)nnc1-c1ccccc1OC. The summed E-state index contributed by atoms with van der Waals surface area (Å²) in [5, 5.41) is 9.44. The van der Waals surface area contributed by atoms with Crippen molar-refractivity contribution in [2.75, 3.05) is 19.5 Å².